The first-order valence-corrected chi connectivity index (χ1v) is 7.22. The predicted octanol–water partition coefficient (Wildman–Crippen LogP) is 2.91. The zero-order valence-electron chi connectivity index (χ0n) is 12.6. The molecule has 0 aromatic heterocycles. The molecule has 1 aromatic carbocycles. The average Bonchev–Trinajstić information content (AvgIpc) is 2.40. The van der Waals surface area contributed by atoms with Gasteiger partial charge >= 0.3 is 0 Å². The maximum Gasteiger partial charge on any atom is 0.142 e. The largest absolute Gasteiger partial charge is 0.492 e. The minimum atomic E-state index is 0.353. The molecule has 1 fully saturated rings. The standard InChI is InChI=1S/C16H26N2O/c1-5-19-14-9-7-6-8-13(14)18-11-10-16(2,3)15(12-18)17-4/h6-9,15,17H,5,10-12H2,1-4H3. The Morgan fingerprint density at radius 1 is 1.37 bits per heavy atom. The minimum absolute atomic E-state index is 0.353. The van der Waals surface area contributed by atoms with Crippen LogP contribution in [-0.2, 0) is 0 Å². The Kier molecular flexibility index (Phi) is 4.35. The Morgan fingerprint density at radius 3 is 2.79 bits per heavy atom. The van der Waals surface area contributed by atoms with E-state index in [4.69, 9.17) is 4.74 Å². The van der Waals surface area contributed by atoms with Crippen LogP contribution in [0.25, 0.3) is 0 Å². The van der Waals surface area contributed by atoms with Gasteiger partial charge in [-0.15, -0.1) is 0 Å². The molecule has 3 heteroatoms. The average molecular weight is 262 g/mol. The van der Waals surface area contributed by atoms with Crippen molar-refractivity contribution in [1.82, 2.24) is 5.32 Å². The molecule has 1 N–H and O–H groups in total. The Bertz CT molecular complexity index is 417. The number of benzene rings is 1. The lowest BCUT2D eigenvalue weighted by Crippen LogP contribution is -2.54. The number of hydrogen-bond acceptors (Lipinski definition) is 3. The Balaban J connectivity index is 2.19. The van der Waals surface area contributed by atoms with E-state index in [0.717, 1.165) is 18.8 Å². The molecule has 1 atom stereocenters. The van der Waals surface area contributed by atoms with E-state index in [0.29, 0.717) is 18.1 Å². The van der Waals surface area contributed by atoms with Crippen LogP contribution in [0.5, 0.6) is 5.75 Å². The summed E-state index contributed by atoms with van der Waals surface area (Å²) in [6.07, 6.45) is 1.19. The van der Waals surface area contributed by atoms with Gasteiger partial charge in [0.05, 0.1) is 12.3 Å². The molecule has 0 amide bonds. The number of para-hydroxylation sites is 2. The monoisotopic (exact) mass is 262 g/mol. The molecule has 1 aliphatic heterocycles. The first-order valence-electron chi connectivity index (χ1n) is 7.22. The van der Waals surface area contributed by atoms with Crippen LogP contribution in [0.3, 0.4) is 0 Å². The van der Waals surface area contributed by atoms with Crippen molar-refractivity contribution in [2.75, 3.05) is 31.6 Å². The summed E-state index contributed by atoms with van der Waals surface area (Å²) in [4.78, 5) is 2.44. The second kappa shape index (κ2) is 5.83. The first kappa shape index (κ1) is 14.2. The molecule has 0 radical (unpaired) electrons. The molecule has 0 aliphatic carbocycles. The van der Waals surface area contributed by atoms with Crippen molar-refractivity contribution in [2.24, 2.45) is 5.41 Å². The third kappa shape index (κ3) is 3.03. The highest BCUT2D eigenvalue weighted by Gasteiger charge is 2.35. The molecule has 2 rings (SSSR count). The number of likely N-dealkylation sites (N-methyl/N-ethyl adjacent to an activating group) is 1. The number of ether oxygens (including phenoxy) is 1. The summed E-state index contributed by atoms with van der Waals surface area (Å²) in [6, 6.07) is 8.86. The van der Waals surface area contributed by atoms with Gasteiger partial charge in [-0.3, -0.25) is 0 Å². The normalized spacial score (nSPS) is 22.3. The molecule has 19 heavy (non-hydrogen) atoms. The predicted molar refractivity (Wildman–Crippen MR) is 81.1 cm³/mol. The molecule has 1 heterocycles. The number of nitrogens with zero attached hydrogens (tertiary/aromatic N) is 1. The Morgan fingerprint density at radius 2 is 2.11 bits per heavy atom. The molecular weight excluding hydrogens is 236 g/mol. The molecule has 106 valence electrons. The van der Waals surface area contributed by atoms with Crippen LogP contribution < -0.4 is 15.0 Å². The number of rotatable bonds is 4. The van der Waals surface area contributed by atoms with Gasteiger partial charge in [-0.25, -0.2) is 0 Å². The minimum Gasteiger partial charge on any atom is -0.492 e. The van der Waals surface area contributed by atoms with Gasteiger partial charge in [-0.1, -0.05) is 26.0 Å². The van der Waals surface area contributed by atoms with Crippen molar-refractivity contribution in [2.45, 2.75) is 33.2 Å². The maximum absolute atomic E-state index is 5.75. The van der Waals surface area contributed by atoms with Crippen LogP contribution in [0.4, 0.5) is 5.69 Å². The van der Waals surface area contributed by atoms with Gasteiger partial charge in [-0.2, -0.15) is 0 Å². The van der Waals surface area contributed by atoms with E-state index in [9.17, 15) is 0 Å². The molecule has 0 spiro atoms. The van der Waals surface area contributed by atoms with Gasteiger partial charge < -0.3 is 15.0 Å². The zero-order valence-corrected chi connectivity index (χ0v) is 12.6. The lowest BCUT2D eigenvalue weighted by Gasteiger charge is -2.45. The van der Waals surface area contributed by atoms with Crippen LogP contribution in [0.15, 0.2) is 24.3 Å². The molecule has 3 nitrogen and oxygen atoms in total. The molecule has 0 bridgehead atoms. The highest BCUT2D eigenvalue weighted by molar-refractivity contribution is 5.59. The Labute approximate surface area is 116 Å². The second-order valence-electron chi connectivity index (χ2n) is 5.93. The fourth-order valence-electron chi connectivity index (χ4n) is 2.85. The summed E-state index contributed by atoms with van der Waals surface area (Å²) < 4.78 is 5.75. The summed E-state index contributed by atoms with van der Waals surface area (Å²) in [5, 5.41) is 3.46. The third-order valence-corrected chi connectivity index (χ3v) is 4.23. The van der Waals surface area contributed by atoms with E-state index >= 15 is 0 Å². The van der Waals surface area contributed by atoms with Crippen LogP contribution in [-0.4, -0.2) is 32.8 Å². The van der Waals surface area contributed by atoms with E-state index in [2.05, 4.69) is 49.3 Å². The second-order valence-corrected chi connectivity index (χ2v) is 5.93. The van der Waals surface area contributed by atoms with E-state index in [1.165, 1.54) is 12.1 Å². The lowest BCUT2D eigenvalue weighted by molar-refractivity contribution is 0.207. The third-order valence-electron chi connectivity index (χ3n) is 4.23. The summed E-state index contributed by atoms with van der Waals surface area (Å²) in [6.45, 7) is 9.57. The highest BCUT2D eigenvalue weighted by atomic mass is 16.5. The molecule has 1 aliphatic rings. The topological polar surface area (TPSA) is 24.5 Å². The van der Waals surface area contributed by atoms with Crippen molar-refractivity contribution in [3.05, 3.63) is 24.3 Å². The van der Waals surface area contributed by atoms with Crippen LogP contribution in [0, 0.1) is 5.41 Å². The smallest absolute Gasteiger partial charge is 0.142 e. The quantitative estimate of drug-likeness (QED) is 0.903. The Hall–Kier alpha value is -1.22. The van der Waals surface area contributed by atoms with E-state index < -0.39 is 0 Å². The van der Waals surface area contributed by atoms with Crippen molar-refractivity contribution in [3.63, 3.8) is 0 Å². The van der Waals surface area contributed by atoms with Gasteiger partial charge in [0.1, 0.15) is 5.75 Å². The SMILES string of the molecule is CCOc1ccccc1N1CCC(C)(C)C(NC)C1. The van der Waals surface area contributed by atoms with Crippen LogP contribution in [0.2, 0.25) is 0 Å². The van der Waals surface area contributed by atoms with Gasteiger partial charge in [-0.05, 0) is 37.9 Å². The fraction of sp³-hybridized carbons (Fsp3) is 0.625. The lowest BCUT2D eigenvalue weighted by atomic mass is 9.78. The van der Waals surface area contributed by atoms with Crippen LogP contribution >= 0.6 is 0 Å². The fourth-order valence-corrected chi connectivity index (χ4v) is 2.85. The summed E-state index contributed by atoms with van der Waals surface area (Å²) in [7, 11) is 2.06. The van der Waals surface area contributed by atoms with Crippen LogP contribution in [0.1, 0.15) is 27.2 Å². The molecule has 1 saturated heterocycles. The van der Waals surface area contributed by atoms with Gasteiger partial charge in [0, 0.05) is 19.1 Å². The molecule has 1 aromatic rings. The van der Waals surface area contributed by atoms with Crippen molar-refractivity contribution in [1.29, 1.82) is 0 Å². The number of anilines is 1. The van der Waals surface area contributed by atoms with Crippen molar-refractivity contribution < 1.29 is 4.74 Å². The number of piperidine rings is 1. The summed E-state index contributed by atoms with van der Waals surface area (Å²) in [5.74, 6) is 1.000. The van der Waals surface area contributed by atoms with E-state index in [-0.39, 0.29) is 0 Å². The molecule has 0 saturated carbocycles. The van der Waals surface area contributed by atoms with Gasteiger partial charge in [0.2, 0.25) is 0 Å². The van der Waals surface area contributed by atoms with E-state index in [1.807, 2.05) is 13.0 Å². The zero-order chi connectivity index (χ0) is 13.9. The highest BCUT2D eigenvalue weighted by Crippen LogP contribution is 2.36. The van der Waals surface area contributed by atoms with Gasteiger partial charge in [0.25, 0.3) is 0 Å². The summed E-state index contributed by atoms with van der Waals surface area (Å²) in [5.41, 5.74) is 1.58. The van der Waals surface area contributed by atoms with Crippen molar-refractivity contribution >= 4 is 5.69 Å². The first-order chi connectivity index (χ1) is 9.08. The molecule has 1 unspecified atom stereocenters. The number of nitrogens with one attached hydrogen (secondary N) is 1. The van der Waals surface area contributed by atoms with Gasteiger partial charge in [0.15, 0.2) is 0 Å². The van der Waals surface area contributed by atoms with E-state index in [1.54, 1.807) is 0 Å². The maximum atomic E-state index is 5.75. The molecular formula is C16H26N2O. The summed E-state index contributed by atoms with van der Waals surface area (Å²) >= 11 is 0. The van der Waals surface area contributed by atoms with Crippen molar-refractivity contribution in [3.8, 4) is 5.75 Å². The number of hydrogen-bond donors (Lipinski definition) is 1.